The fraction of sp³-hybridized carbons (Fsp3) is 0.426. The van der Waals surface area contributed by atoms with Crippen LogP contribution in [0.25, 0.3) is 0 Å². The molecule has 2 aromatic carbocycles. The first-order chi connectivity index (χ1) is 27.1. The van der Waals surface area contributed by atoms with Crippen LogP contribution in [0.2, 0.25) is 0 Å². The van der Waals surface area contributed by atoms with Crippen LogP contribution in [0.5, 0.6) is 0 Å². The molecule has 6 rings (SSSR count). The Morgan fingerprint density at radius 2 is 1.61 bits per heavy atom. The zero-order valence-corrected chi connectivity index (χ0v) is 35.6. The van der Waals surface area contributed by atoms with Crippen molar-refractivity contribution in [3.63, 3.8) is 0 Å². The van der Waals surface area contributed by atoms with E-state index in [-0.39, 0.29) is 23.2 Å². The lowest BCUT2D eigenvalue weighted by atomic mass is 9.81. The largest absolute Gasteiger partial charge is 0.438 e. The second kappa shape index (κ2) is 17.4. The standard InChI is InChI=1S/C47H59N4O5S/c1-8-9-15-31-50-40-22-12-10-20-38(40)46(2,3)42(50)28-26-35-24-25-36(44(35)49(7)45(52)56-34-37-19-14-16-30-48(37)6)27-29-43-47(4,5)39-21-11-13-23-41(39)51(43)32-17-18-33-57(53,54)55/h10-14,16,19-23,26-30H,8-9,15,17-18,24-25,31-34H2,1-7H3/q+1/p+1. The normalized spacial score (nSPS) is 18.6. The summed E-state index contributed by atoms with van der Waals surface area (Å²) in [7, 11) is -0.282. The number of pyridine rings is 1. The summed E-state index contributed by atoms with van der Waals surface area (Å²) in [5.41, 5.74) is 10.6. The highest BCUT2D eigenvalue weighted by molar-refractivity contribution is 7.85. The fourth-order valence-electron chi connectivity index (χ4n) is 8.70. The summed E-state index contributed by atoms with van der Waals surface area (Å²) in [5.74, 6) is -0.261. The molecule has 2 aliphatic heterocycles. The van der Waals surface area contributed by atoms with Crippen LogP contribution in [0.15, 0.2) is 120 Å². The fourth-order valence-corrected chi connectivity index (χ4v) is 9.27. The summed E-state index contributed by atoms with van der Waals surface area (Å²) < 4.78 is 42.7. The van der Waals surface area contributed by atoms with Gasteiger partial charge in [0.2, 0.25) is 11.4 Å². The maximum atomic E-state index is 13.9. The quantitative estimate of drug-likeness (QED) is 0.0938. The van der Waals surface area contributed by atoms with Crippen LogP contribution < -0.4 is 9.47 Å². The molecule has 1 aromatic heterocycles. The Balaban J connectivity index is 1.39. The SMILES string of the molecule is CCCCC[N+]1=C(/C=C/C2=C(N(C)C(=O)OCc3cccc[n+]3C)C(=C/C=C3/N(CCCCS(=O)(=O)O)c4ccccc4C3(C)C)/CC2)C(C)(C)c2ccccc21. The number of ether oxygens (including phenoxy) is 1. The zero-order valence-electron chi connectivity index (χ0n) is 34.8. The second-order valence-corrected chi connectivity index (χ2v) is 18.1. The lowest BCUT2D eigenvalue weighted by Gasteiger charge is -2.27. The van der Waals surface area contributed by atoms with Crippen molar-refractivity contribution in [2.24, 2.45) is 7.05 Å². The number of amides is 1. The molecule has 3 aliphatic rings. The van der Waals surface area contributed by atoms with E-state index in [1.54, 1.807) is 11.9 Å². The minimum Gasteiger partial charge on any atom is -0.438 e. The number of aryl methyl sites for hydroxylation is 1. The number of para-hydroxylation sites is 2. The minimum absolute atomic E-state index is 0.151. The number of carbonyl (C=O) groups is 1. The summed E-state index contributed by atoms with van der Waals surface area (Å²) in [6.07, 6.45) is 16.3. The highest BCUT2D eigenvalue weighted by atomic mass is 32.2. The number of hydrogen-bond donors (Lipinski definition) is 1. The van der Waals surface area contributed by atoms with Gasteiger partial charge in [-0.1, -0.05) is 75.7 Å². The van der Waals surface area contributed by atoms with Gasteiger partial charge in [-0.15, -0.1) is 0 Å². The molecule has 1 N–H and O–H groups in total. The second-order valence-electron chi connectivity index (χ2n) is 16.5. The topological polar surface area (TPSA) is 94.0 Å². The molecular formula is C47H60N4O5S+2. The van der Waals surface area contributed by atoms with Gasteiger partial charge in [0.1, 0.15) is 13.6 Å². The summed E-state index contributed by atoms with van der Waals surface area (Å²) in [4.78, 5) is 17.9. The minimum atomic E-state index is -4.03. The van der Waals surface area contributed by atoms with Gasteiger partial charge >= 0.3 is 6.09 Å². The van der Waals surface area contributed by atoms with Crippen molar-refractivity contribution in [1.29, 1.82) is 0 Å². The highest BCUT2D eigenvalue weighted by Crippen LogP contribution is 2.48. The Kier molecular flexibility index (Phi) is 12.7. The molecule has 3 heterocycles. The van der Waals surface area contributed by atoms with Gasteiger partial charge in [-0.25, -0.2) is 9.36 Å². The maximum Gasteiger partial charge on any atom is 0.414 e. The van der Waals surface area contributed by atoms with E-state index in [2.05, 4.69) is 111 Å². The third kappa shape index (κ3) is 9.02. The molecule has 0 radical (unpaired) electrons. The molecule has 1 amide bonds. The molecule has 57 heavy (non-hydrogen) atoms. The van der Waals surface area contributed by atoms with Gasteiger partial charge < -0.3 is 9.64 Å². The Morgan fingerprint density at radius 1 is 0.895 bits per heavy atom. The Bertz CT molecular complexity index is 2260. The van der Waals surface area contributed by atoms with Crippen molar-refractivity contribution in [2.75, 3.05) is 30.8 Å². The van der Waals surface area contributed by atoms with Gasteiger partial charge in [-0.05, 0) is 80.9 Å². The molecule has 1 aliphatic carbocycles. The van der Waals surface area contributed by atoms with Gasteiger partial charge in [-0.2, -0.15) is 13.0 Å². The molecule has 302 valence electrons. The average molecular weight is 793 g/mol. The van der Waals surface area contributed by atoms with Crippen molar-refractivity contribution >= 4 is 33.3 Å². The van der Waals surface area contributed by atoms with Crippen LogP contribution in [-0.4, -0.2) is 60.1 Å². The molecule has 9 nitrogen and oxygen atoms in total. The van der Waals surface area contributed by atoms with Crippen molar-refractivity contribution in [1.82, 2.24) is 4.90 Å². The van der Waals surface area contributed by atoms with Crippen molar-refractivity contribution in [3.8, 4) is 0 Å². The van der Waals surface area contributed by atoms with Gasteiger partial charge in [0.25, 0.3) is 10.1 Å². The predicted molar refractivity (Wildman–Crippen MR) is 228 cm³/mol. The molecule has 0 spiro atoms. The Morgan fingerprint density at radius 3 is 2.35 bits per heavy atom. The van der Waals surface area contributed by atoms with E-state index in [0.29, 0.717) is 19.4 Å². The van der Waals surface area contributed by atoms with Crippen molar-refractivity contribution in [3.05, 3.63) is 137 Å². The molecule has 0 saturated carbocycles. The maximum absolute atomic E-state index is 13.9. The number of nitrogens with zero attached hydrogens (tertiary/aromatic N) is 4. The number of benzene rings is 2. The van der Waals surface area contributed by atoms with Crippen LogP contribution in [0.1, 0.15) is 96.4 Å². The summed E-state index contributed by atoms with van der Waals surface area (Å²) in [6, 6.07) is 22.9. The molecule has 10 heteroatoms. The lowest BCUT2D eigenvalue weighted by Crippen LogP contribution is -2.35. The van der Waals surface area contributed by atoms with Crippen LogP contribution in [0.4, 0.5) is 16.2 Å². The van der Waals surface area contributed by atoms with E-state index in [0.717, 1.165) is 66.1 Å². The first kappa shape index (κ1) is 41.8. The third-order valence-corrected chi connectivity index (χ3v) is 12.7. The molecular weight excluding hydrogens is 733 g/mol. The molecule has 0 fully saturated rings. The predicted octanol–water partition coefficient (Wildman–Crippen LogP) is 9.23. The van der Waals surface area contributed by atoms with E-state index in [1.165, 1.54) is 28.9 Å². The smallest absolute Gasteiger partial charge is 0.414 e. The number of fused-ring (bicyclic) bond motifs is 2. The van der Waals surface area contributed by atoms with Crippen LogP contribution in [0.3, 0.4) is 0 Å². The van der Waals surface area contributed by atoms with E-state index in [9.17, 15) is 17.8 Å². The van der Waals surface area contributed by atoms with Gasteiger partial charge in [-0.3, -0.25) is 9.45 Å². The van der Waals surface area contributed by atoms with E-state index in [1.807, 2.05) is 42.1 Å². The van der Waals surface area contributed by atoms with E-state index < -0.39 is 16.2 Å². The number of aromatic nitrogens is 1. The number of unbranched alkanes of at least 4 members (excludes halogenated alkanes) is 3. The molecule has 0 unspecified atom stereocenters. The third-order valence-electron chi connectivity index (χ3n) is 11.9. The number of rotatable bonds is 15. The summed E-state index contributed by atoms with van der Waals surface area (Å²) in [6.45, 7) is 13.0. The molecule has 3 aromatic rings. The van der Waals surface area contributed by atoms with E-state index >= 15 is 0 Å². The first-order valence-electron chi connectivity index (χ1n) is 20.4. The number of hydrogen-bond acceptors (Lipinski definition) is 5. The van der Waals surface area contributed by atoms with Crippen LogP contribution in [-0.2, 0) is 39.3 Å². The first-order valence-corrected chi connectivity index (χ1v) is 22.0. The zero-order chi connectivity index (χ0) is 41.0. The Hall–Kier alpha value is -4.80. The van der Waals surface area contributed by atoms with Crippen LogP contribution >= 0.6 is 0 Å². The average Bonchev–Trinajstić information content (AvgIpc) is 3.75. The van der Waals surface area contributed by atoms with Crippen molar-refractivity contribution in [2.45, 2.75) is 97.0 Å². The number of anilines is 1. The van der Waals surface area contributed by atoms with Crippen LogP contribution in [0, 0.1) is 0 Å². The highest BCUT2D eigenvalue weighted by Gasteiger charge is 2.44. The number of allylic oxidation sites excluding steroid dienone is 7. The van der Waals surface area contributed by atoms with Crippen molar-refractivity contribution < 1.29 is 31.6 Å². The van der Waals surface area contributed by atoms with Gasteiger partial charge in [0, 0.05) is 66.7 Å². The monoisotopic (exact) mass is 792 g/mol. The Labute approximate surface area is 340 Å². The summed E-state index contributed by atoms with van der Waals surface area (Å²) in [5, 5.41) is 0. The van der Waals surface area contributed by atoms with Gasteiger partial charge in [0.05, 0.1) is 16.9 Å². The molecule has 0 bridgehead atoms. The van der Waals surface area contributed by atoms with E-state index in [4.69, 9.17) is 4.74 Å². The molecule has 0 atom stereocenters. The molecule has 0 saturated heterocycles. The summed E-state index contributed by atoms with van der Waals surface area (Å²) >= 11 is 0. The van der Waals surface area contributed by atoms with Gasteiger partial charge in [0.15, 0.2) is 18.5 Å². The number of likely N-dealkylation sites (N-methyl/N-ethyl adjacent to an activating group) is 1. The number of carbonyl (C=O) groups excluding carboxylic acids is 1. The lowest BCUT2D eigenvalue weighted by molar-refractivity contribution is -0.680.